The van der Waals surface area contributed by atoms with Crippen LogP contribution in [0.4, 0.5) is 5.69 Å². The van der Waals surface area contributed by atoms with E-state index in [1.165, 1.54) is 0 Å². The molecule has 0 saturated heterocycles. The molecule has 2 N–H and O–H groups in total. The lowest BCUT2D eigenvalue weighted by molar-refractivity contribution is 1.21. The fraction of sp³-hybridized carbons (Fsp3) is 0.0833. The average Bonchev–Trinajstić information content (AvgIpc) is 2.36. The Balaban J connectivity index is 2.76. The molecule has 18 heavy (non-hydrogen) atoms. The molecule has 2 aromatic rings. The van der Waals surface area contributed by atoms with E-state index in [4.69, 9.17) is 17.3 Å². The van der Waals surface area contributed by atoms with Crippen LogP contribution in [0.15, 0.2) is 33.3 Å². The van der Waals surface area contributed by atoms with Crippen LogP contribution in [0.2, 0.25) is 5.02 Å². The number of anilines is 1. The molecule has 0 bridgehead atoms. The molecule has 0 amide bonds. The fourth-order valence-corrected chi connectivity index (χ4v) is 3.89. The van der Waals surface area contributed by atoms with Crippen LogP contribution in [0, 0.1) is 0 Å². The van der Waals surface area contributed by atoms with Crippen LogP contribution in [0.5, 0.6) is 0 Å². The first-order valence-electron chi connectivity index (χ1n) is 5.00. The Morgan fingerprint density at radius 3 is 2.50 bits per heavy atom. The lowest BCUT2D eigenvalue weighted by Gasteiger charge is -2.13. The highest BCUT2D eigenvalue weighted by atomic mass is 79.9. The summed E-state index contributed by atoms with van der Waals surface area (Å²) in [5.41, 5.74) is 9.19. The van der Waals surface area contributed by atoms with Gasteiger partial charge in [-0.25, -0.2) is 4.98 Å². The van der Waals surface area contributed by atoms with Crippen molar-refractivity contribution in [3.05, 3.63) is 43.9 Å². The number of rotatable bonds is 2. The van der Waals surface area contributed by atoms with E-state index in [0.717, 1.165) is 21.3 Å². The van der Waals surface area contributed by atoms with Gasteiger partial charge in [0.25, 0.3) is 0 Å². The number of halogens is 4. The summed E-state index contributed by atoms with van der Waals surface area (Å²) < 4.78 is 1.44. The van der Waals surface area contributed by atoms with E-state index >= 15 is 0 Å². The van der Waals surface area contributed by atoms with Gasteiger partial charge < -0.3 is 5.73 Å². The SMILES string of the molecule is Nc1c(Br)nc(-c2ccccc2Cl)c(CBr)c1Br. The smallest absolute Gasteiger partial charge is 0.130 e. The van der Waals surface area contributed by atoms with Gasteiger partial charge in [0, 0.05) is 26.0 Å². The molecule has 94 valence electrons. The molecule has 0 aliphatic carbocycles. The lowest BCUT2D eigenvalue weighted by Crippen LogP contribution is -2.00. The van der Waals surface area contributed by atoms with E-state index in [2.05, 4.69) is 52.8 Å². The predicted molar refractivity (Wildman–Crippen MR) is 87.1 cm³/mol. The second-order valence-corrected chi connectivity index (χ2v) is 6.08. The van der Waals surface area contributed by atoms with Crippen molar-refractivity contribution in [3.63, 3.8) is 0 Å². The van der Waals surface area contributed by atoms with Crippen molar-refractivity contribution in [1.29, 1.82) is 0 Å². The standard InChI is InChI=1S/C12H8Br3ClN2/c13-5-7-9(14)10(17)12(15)18-11(7)6-3-1-2-4-8(6)16/h1-4H,5,17H2. The average molecular weight is 455 g/mol. The quantitative estimate of drug-likeness (QED) is 0.486. The van der Waals surface area contributed by atoms with E-state index in [0.29, 0.717) is 20.6 Å². The topological polar surface area (TPSA) is 38.9 Å². The van der Waals surface area contributed by atoms with Gasteiger partial charge in [-0.1, -0.05) is 45.7 Å². The molecule has 2 rings (SSSR count). The molecular formula is C12H8Br3ClN2. The Hall–Kier alpha value is -0.100. The van der Waals surface area contributed by atoms with Crippen molar-refractivity contribution >= 4 is 65.1 Å². The van der Waals surface area contributed by atoms with Crippen molar-refractivity contribution in [2.45, 2.75) is 5.33 Å². The Bertz CT molecular complexity index is 602. The third-order valence-corrected chi connectivity index (χ3v) is 4.88. The summed E-state index contributed by atoms with van der Waals surface area (Å²) in [6.45, 7) is 0. The number of nitrogens with two attached hydrogens (primary N) is 1. The second-order valence-electron chi connectivity index (χ2n) is 3.57. The lowest BCUT2D eigenvalue weighted by atomic mass is 10.1. The van der Waals surface area contributed by atoms with E-state index < -0.39 is 0 Å². The number of benzene rings is 1. The monoisotopic (exact) mass is 452 g/mol. The van der Waals surface area contributed by atoms with E-state index in [9.17, 15) is 0 Å². The second kappa shape index (κ2) is 5.90. The molecule has 0 radical (unpaired) electrons. The molecule has 0 atom stereocenters. The van der Waals surface area contributed by atoms with Crippen LogP contribution in [-0.4, -0.2) is 4.98 Å². The van der Waals surface area contributed by atoms with Crippen molar-refractivity contribution in [3.8, 4) is 11.3 Å². The molecule has 0 unspecified atom stereocenters. The van der Waals surface area contributed by atoms with Gasteiger partial charge in [0.2, 0.25) is 0 Å². The molecule has 1 aromatic carbocycles. The van der Waals surface area contributed by atoms with Gasteiger partial charge in [-0.15, -0.1) is 0 Å². The molecular weight excluding hydrogens is 447 g/mol. The summed E-state index contributed by atoms with van der Waals surface area (Å²) in [7, 11) is 0. The summed E-state index contributed by atoms with van der Waals surface area (Å²) in [5.74, 6) is 0. The zero-order valence-electron chi connectivity index (χ0n) is 9.05. The van der Waals surface area contributed by atoms with Crippen molar-refractivity contribution in [2.75, 3.05) is 5.73 Å². The van der Waals surface area contributed by atoms with Crippen molar-refractivity contribution < 1.29 is 0 Å². The van der Waals surface area contributed by atoms with Crippen molar-refractivity contribution in [2.24, 2.45) is 0 Å². The number of nitrogens with zero attached hydrogens (tertiary/aromatic N) is 1. The Morgan fingerprint density at radius 2 is 1.89 bits per heavy atom. The molecule has 1 heterocycles. The normalized spacial score (nSPS) is 10.7. The molecule has 0 aliphatic rings. The number of hydrogen-bond acceptors (Lipinski definition) is 2. The van der Waals surface area contributed by atoms with Crippen LogP contribution in [0.1, 0.15) is 5.56 Å². The van der Waals surface area contributed by atoms with Gasteiger partial charge in [-0.3, -0.25) is 0 Å². The van der Waals surface area contributed by atoms with Gasteiger partial charge in [0.15, 0.2) is 0 Å². The van der Waals surface area contributed by atoms with Gasteiger partial charge >= 0.3 is 0 Å². The molecule has 0 saturated carbocycles. The Kier molecular flexibility index (Phi) is 4.69. The summed E-state index contributed by atoms with van der Waals surface area (Å²) in [6.07, 6.45) is 0. The largest absolute Gasteiger partial charge is 0.396 e. The molecule has 2 nitrogen and oxygen atoms in total. The van der Waals surface area contributed by atoms with E-state index in [1.54, 1.807) is 0 Å². The first kappa shape index (κ1) is 14.3. The maximum Gasteiger partial charge on any atom is 0.130 e. The van der Waals surface area contributed by atoms with Crippen LogP contribution < -0.4 is 5.73 Å². The van der Waals surface area contributed by atoms with Gasteiger partial charge in [-0.05, 0) is 37.9 Å². The van der Waals surface area contributed by atoms with Crippen LogP contribution in [-0.2, 0) is 5.33 Å². The van der Waals surface area contributed by atoms with Crippen LogP contribution in [0.3, 0.4) is 0 Å². The first-order valence-corrected chi connectivity index (χ1v) is 8.09. The summed E-state index contributed by atoms with van der Waals surface area (Å²) in [6, 6.07) is 7.60. The highest BCUT2D eigenvalue weighted by molar-refractivity contribution is 9.11. The van der Waals surface area contributed by atoms with Gasteiger partial charge in [-0.2, -0.15) is 0 Å². The summed E-state index contributed by atoms with van der Waals surface area (Å²) >= 11 is 16.5. The zero-order valence-corrected chi connectivity index (χ0v) is 14.6. The van der Waals surface area contributed by atoms with E-state index in [1.807, 2.05) is 24.3 Å². The number of hydrogen-bond donors (Lipinski definition) is 1. The first-order chi connectivity index (χ1) is 8.56. The number of alkyl halides is 1. The van der Waals surface area contributed by atoms with Crippen LogP contribution >= 0.6 is 59.4 Å². The minimum Gasteiger partial charge on any atom is -0.396 e. The molecule has 0 fully saturated rings. The highest BCUT2D eigenvalue weighted by Crippen LogP contribution is 2.39. The van der Waals surface area contributed by atoms with Crippen LogP contribution in [0.25, 0.3) is 11.3 Å². The molecule has 0 aliphatic heterocycles. The van der Waals surface area contributed by atoms with Gasteiger partial charge in [0.1, 0.15) is 4.60 Å². The summed E-state index contributed by atoms with van der Waals surface area (Å²) in [5, 5.41) is 1.30. The minimum absolute atomic E-state index is 0.584. The maximum atomic E-state index is 6.22. The van der Waals surface area contributed by atoms with Crippen molar-refractivity contribution in [1.82, 2.24) is 4.98 Å². The minimum atomic E-state index is 0.584. The zero-order chi connectivity index (χ0) is 13.3. The number of aromatic nitrogens is 1. The Labute approximate surface area is 135 Å². The number of pyridine rings is 1. The molecule has 1 aromatic heterocycles. The van der Waals surface area contributed by atoms with Gasteiger partial charge in [0.05, 0.1) is 11.4 Å². The van der Waals surface area contributed by atoms with E-state index in [-0.39, 0.29) is 0 Å². The Morgan fingerprint density at radius 1 is 1.22 bits per heavy atom. The summed E-state index contributed by atoms with van der Waals surface area (Å²) in [4.78, 5) is 4.48. The molecule has 0 spiro atoms. The fourth-order valence-electron chi connectivity index (χ4n) is 1.58. The number of nitrogen functional groups attached to an aromatic ring is 1. The highest BCUT2D eigenvalue weighted by Gasteiger charge is 2.17. The maximum absolute atomic E-state index is 6.22. The third-order valence-electron chi connectivity index (χ3n) is 2.48. The third kappa shape index (κ3) is 2.59. The predicted octanol–water partition coefficient (Wildman–Crippen LogP) is 5.40. The molecule has 6 heteroatoms.